The van der Waals surface area contributed by atoms with Crippen molar-refractivity contribution in [2.45, 2.75) is 19.0 Å². The van der Waals surface area contributed by atoms with Crippen molar-refractivity contribution in [3.8, 4) is 0 Å². The molecule has 74 valence electrons. The van der Waals surface area contributed by atoms with Crippen LogP contribution in [0, 0.1) is 0 Å². The molecular weight excluding hydrogens is 178 g/mol. The SMILES string of the molecule is C[C@@H](c1ccccc1)N1C[C@@H]1C(=O)O. The number of carboxylic acids is 1. The molecule has 3 heteroatoms. The summed E-state index contributed by atoms with van der Waals surface area (Å²) in [5, 5.41) is 8.78. The molecule has 3 atom stereocenters. The third-order valence-corrected chi connectivity index (χ3v) is 2.72. The first-order chi connectivity index (χ1) is 6.70. The zero-order valence-electron chi connectivity index (χ0n) is 8.05. The maximum atomic E-state index is 10.7. The first-order valence-electron chi connectivity index (χ1n) is 4.73. The Morgan fingerprint density at radius 3 is 2.64 bits per heavy atom. The summed E-state index contributed by atoms with van der Waals surface area (Å²) < 4.78 is 0. The fourth-order valence-corrected chi connectivity index (χ4v) is 1.72. The molecule has 0 aliphatic carbocycles. The number of nitrogens with zero attached hydrogens (tertiary/aromatic N) is 1. The average molecular weight is 191 g/mol. The summed E-state index contributed by atoms with van der Waals surface area (Å²) in [7, 11) is 0. The molecule has 1 saturated heterocycles. The molecule has 1 N–H and O–H groups in total. The average Bonchev–Trinajstić information content (AvgIpc) is 2.97. The van der Waals surface area contributed by atoms with Crippen LogP contribution < -0.4 is 0 Å². The lowest BCUT2D eigenvalue weighted by atomic mass is 10.1. The Hall–Kier alpha value is -1.35. The van der Waals surface area contributed by atoms with Gasteiger partial charge in [-0.2, -0.15) is 0 Å². The molecule has 0 amide bonds. The first-order valence-corrected chi connectivity index (χ1v) is 4.73. The molecule has 1 fully saturated rings. The lowest BCUT2D eigenvalue weighted by Gasteiger charge is -2.12. The second-order valence-electron chi connectivity index (χ2n) is 3.64. The quantitative estimate of drug-likeness (QED) is 0.736. The molecule has 2 rings (SSSR count). The minimum Gasteiger partial charge on any atom is -0.480 e. The van der Waals surface area contributed by atoms with Crippen molar-refractivity contribution in [1.29, 1.82) is 0 Å². The van der Waals surface area contributed by atoms with Gasteiger partial charge in [0.05, 0.1) is 0 Å². The Labute approximate surface area is 83.0 Å². The van der Waals surface area contributed by atoms with Gasteiger partial charge in [0, 0.05) is 12.6 Å². The zero-order valence-corrected chi connectivity index (χ0v) is 8.05. The molecule has 1 aromatic carbocycles. The fourth-order valence-electron chi connectivity index (χ4n) is 1.72. The van der Waals surface area contributed by atoms with Gasteiger partial charge in [0.25, 0.3) is 0 Å². The van der Waals surface area contributed by atoms with E-state index in [0.717, 1.165) is 0 Å². The van der Waals surface area contributed by atoms with E-state index < -0.39 is 5.97 Å². The maximum Gasteiger partial charge on any atom is 0.322 e. The normalized spacial score (nSPS) is 26.9. The van der Waals surface area contributed by atoms with E-state index in [0.29, 0.717) is 6.54 Å². The van der Waals surface area contributed by atoms with Crippen LogP contribution in [0.1, 0.15) is 18.5 Å². The third-order valence-electron chi connectivity index (χ3n) is 2.72. The number of aliphatic carboxylic acids is 1. The van der Waals surface area contributed by atoms with Gasteiger partial charge < -0.3 is 5.11 Å². The Morgan fingerprint density at radius 1 is 1.50 bits per heavy atom. The fraction of sp³-hybridized carbons (Fsp3) is 0.364. The number of hydrogen-bond donors (Lipinski definition) is 1. The second-order valence-corrected chi connectivity index (χ2v) is 3.64. The molecule has 1 aromatic rings. The standard InChI is InChI=1S/C11H13NO2/c1-8(9-5-3-2-4-6-9)12-7-10(12)11(13)14/h2-6,8,10H,7H2,1H3,(H,13,14)/t8-,10+,12?/m0/s1. The van der Waals surface area contributed by atoms with Gasteiger partial charge in [0.2, 0.25) is 0 Å². The molecule has 3 nitrogen and oxygen atoms in total. The lowest BCUT2D eigenvalue weighted by Crippen LogP contribution is -2.14. The summed E-state index contributed by atoms with van der Waals surface area (Å²) >= 11 is 0. The van der Waals surface area contributed by atoms with Gasteiger partial charge in [-0.25, -0.2) is 0 Å². The predicted molar refractivity (Wildman–Crippen MR) is 53.0 cm³/mol. The highest BCUT2D eigenvalue weighted by molar-refractivity contribution is 5.77. The van der Waals surface area contributed by atoms with E-state index in [4.69, 9.17) is 5.11 Å². The molecule has 1 aliphatic heterocycles. The molecule has 0 radical (unpaired) electrons. The highest BCUT2D eigenvalue weighted by Gasteiger charge is 2.43. The van der Waals surface area contributed by atoms with Gasteiger partial charge in [-0.1, -0.05) is 30.3 Å². The molecule has 0 aromatic heterocycles. The third kappa shape index (κ3) is 1.63. The zero-order chi connectivity index (χ0) is 10.1. The van der Waals surface area contributed by atoms with Crippen LogP contribution in [0.25, 0.3) is 0 Å². The van der Waals surface area contributed by atoms with Crippen LogP contribution in [0.3, 0.4) is 0 Å². The van der Waals surface area contributed by atoms with Gasteiger partial charge in [-0.05, 0) is 12.5 Å². The molecule has 1 aliphatic rings. The molecule has 1 heterocycles. The van der Waals surface area contributed by atoms with Gasteiger partial charge in [0.15, 0.2) is 0 Å². The Morgan fingerprint density at radius 2 is 2.14 bits per heavy atom. The number of carbonyl (C=O) groups is 1. The highest BCUT2D eigenvalue weighted by atomic mass is 16.4. The van der Waals surface area contributed by atoms with Crippen LogP contribution in [0.4, 0.5) is 0 Å². The molecule has 1 unspecified atom stereocenters. The number of rotatable bonds is 3. The second kappa shape index (κ2) is 3.42. The summed E-state index contributed by atoms with van der Waals surface area (Å²) in [6.07, 6.45) is 0. The predicted octanol–water partition coefficient (Wildman–Crippen LogP) is 1.52. The van der Waals surface area contributed by atoms with Crippen LogP contribution in [-0.4, -0.2) is 28.6 Å². The van der Waals surface area contributed by atoms with E-state index >= 15 is 0 Å². The first kappa shape index (κ1) is 9.21. The Bertz CT molecular complexity index is 336. The molecule has 0 saturated carbocycles. The van der Waals surface area contributed by atoms with Crippen molar-refractivity contribution in [3.63, 3.8) is 0 Å². The molecular formula is C11H13NO2. The van der Waals surface area contributed by atoms with Crippen molar-refractivity contribution in [2.24, 2.45) is 0 Å². The maximum absolute atomic E-state index is 10.7. The highest BCUT2D eigenvalue weighted by Crippen LogP contribution is 2.31. The van der Waals surface area contributed by atoms with Gasteiger partial charge in [-0.15, -0.1) is 0 Å². The Balaban J connectivity index is 2.05. The van der Waals surface area contributed by atoms with E-state index in [1.165, 1.54) is 5.56 Å². The summed E-state index contributed by atoms with van der Waals surface area (Å²) in [5.41, 5.74) is 1.18. The van der Waals surface area contributed by atoms with Crippen LogP contribution >= 0.6 is 0 Å². The van der Waals surface area contributed by atoms with Crippen LogP contribution in [0.2, 0.25) is 0 Å². The van der Waals surface area contributed by atoms with Gasteiger partial charge in [0.1, 0.15) is 6.04 Å². The lowest BCUT2D eigenvalue weighted by molar-refractivity contribution is -0.137. The molecule has 0 spiro atoms. The largest absolute Gasteiger partial charge is 0.480 e. The number of benzene rings is 1. The summed E-state index contributed by atoms with van der Waals surface area (Å²) in [5.74, 6) is -0.715. The minimum absolute atomic E-state index is 0.206. The smallest absolute Gasteiger partial charge is 0.322 e. The van der Waals surface area contributed by atoms with Gasteiger partial charge >= 0.3 is 5.97 Å². The summed E-state index contributed by atoms with van der Waals surface area (Å²) in [6.45, 7) is 2.71. The van der Waals surface area contributed by atoms with Crippen molar-refractivity contribution < 1.29 is 9.90 Å². The van der Waals surface area contributed by atoms with E-state index in [9.17, 15) is 4.79 Å². The van der Waals surface area contributed by atoms with Gasteiger partial charge in [-0.3, -0.25) is 9.69 Å². The Kier molecular flexibility index (Phi) is 2.25. The monoisotopic (exact) mass is 191 g/mol. The van der Waals surface area contributed by atoms with E-state index in [2.05, 4.69) is 0 Å². The van der Waals surface area contributed by atoms with Crippen LogP contribution in [-0.2, 0) is 4.79 Å². The summed E-state index contributed by atoms with van der Waals surface area (Å²) in [4.78, 5) is 12.6. The van der Waals surface area contributed by atoms with E-state index in [1.807, 2.05) is 42.2 Å². The topological polar surface area (TPSA) is 40.3 Å². The van der Waals surface area contributed by atoms with Crippen LogP contribution in [0.5, 0.6) is 0 Å². The molecule has 0 bridgehead atoms. The summed E-state index contributed by atoms with van der Waals surface area (Å²) in [6, 6.07) is 9.91. The minimum atomic E-state index is -0.715. The number of carboxylic acid groups (broad SMARTS) is 1. The van der Waals surface area contributed by atoms with Crippen molar-refractivity contribution in [1.82, 2.24) is 4.90 Å². The number of hydrogen-bond acceptors (Lipinski definition) is 2. The van der Waals surface area contributed by atoms with Crippen molar-refractivity contribution in [2.75, 3.05) is 6.54 Å². The van der Waals surface area contributed by atoms with Crippen molar-refractivity contribution >= 4 is 5.97 Å². The van der Waals surface area contributed by atoms with E-state index in [1.54, 1.807) is 0 Å². The molecule has 14 heavy (non-hydrogen) atoms. The van der Waals surface area contributed by atoms with Crippen molar-refractivity contribution in [3.05, 3.63) is 35.9 Å². The van der Waals surface area contributed by atoms with Crippen LogP contribution in [0.15, 0.2) is 30.3 Å². The van der Waals surface area contributed by atoms with E-state index in [-0.39, 0.29) is 12.1 Å².